The fourth-order valence-corrected chi connectivity index (χ4v) is 5.36. The second-order valence-corrected chi connectivity index (χ2v) is 10.9. The van der Waals surface area contributed by atoms with Gasteiger partial charge in [-0.25, -0.2) is 14.2 Å². The number of aryl methyl sites for hydroxylation is 1. The summed E-state index contributed by atoms with van der Waals surface area (Å²) in [6, 6.07) is 8.05. The number of carbonyl (C=O) groups is 2. The molecule has 1 N–H and O–H groups in total. The Bertz CT molecular complexity index is 1160. The summed E-state index contributed by atoms with van der Waals surface area (Å²) in [5.41, 5.74) is 2.13. The largest absolute Gasteiger partial charge is 0.444 e. The van der Waals surface area contributed by atoms with Crippen molar-refractivity contribution in [1.29, 1.82) is 0 Å². The van der Waals surface area contributed by atoms with E-state index < -0.39 is 5.60 Å². The Kier molecular flexibility index (Phi) is 6.05. The fraction of sp³-hybridized carbons (Fsp3) is 0.348. The van der Waals surface area contributed by atoms with E-state index >= 15 is 0 Å². The predicted molar refractivity (Wildman–Crippen MR) is 125 cm³/mol. The minimum atomic E-state index is -0.546. The summed E-state index contributed by atoms with van der Waals surface area (Å²) in [7, 11) is 0. The highest BCUT2D eigenvalue weighted by Gasteiger charge is 2.28. The topological polar surface area (TPSA) is 71.5 Å². The van der Waals surface area contributed by atoms with Gasteiger partial charge in [0.1, 0.15) is 11.4 Å². The van der Waals surface area contributed by atoms with Crippen LogP contribution in [0.2, 0.25) is 0 Å². The molecule has 2 aromatic heterocycles. The molecule has 1 aliphatic heterocycles. The van der Waals surface area contributed by atoms with E-state index in [0.29, 0.717) is 29.5 Å². The number of hydrogen-bond acceptors (Lipinski definition) is 6. The first kappa shape index (κ1) is 22.4. The van der Waals surface area contributed by atoms with Crippen molar-refractivity contribution < 1.29 is 18.7 Å². The smallest absolute Gasteiger partial charge is 0.410 e. The van der Waals surface area contributed by atoms with Crippen LogP contribution in [0.1, 0.15) is 45.9 Å². The highest BCUT2D eigenvalue weighted by molar-refractivity contribution is 7.16. The maximum absolute atomic E-state index is 13.2. The number of ether oxygens (including phenoxy) is 1. The van der Waals surface area contributed by atoms with Gasteiger partial charge in [0.2, 0.25) is 0 Å². The van der Waals surface area contributed by atoms with Gasteiger partial charge in [-0.15, -0.1) is 11.3 Å². The number of thiophene rings is 1. The number of carbonyl (C=O) groups excluding carboxylic acids is 2. The summed E-state index contributed by atoms with van der Waals surface area (Å²) in [6.45, 7) is 8.42. The van der Waals surface area contributed by atoms with E-state index in [1.807, 2.05) is 33.8 Å². The van der Waals surface area contributed by atoms with Gasteiger partial charge >= 0.3 is 6.09 Å². The number of halogens is 1. The maximum Gasteiger partial charge on any atom is 0.410 e. The van der Waals surface area contributed by atoms with Crippen LogP contribution in [0.3, 0.4) is 0 Å². The lowest BCUT2D eigenvalue weighted by Gasteiger charge is -2.29. The average Bonchev–Trinajstić information content (AvgIpc) is 3.29. The Hall–Kier alpha value is -2.78. The Balaban J connectivity index is 1.45. The number of amides is 2. The van der Waals surface area contributed by atoms with E-state index in [4.69, 9.17) is 4.74 Å². The molecule has 2 amide bonds. The zero-order chi connectivity index (χ0) is 23.0. The number of anilines is 1. The molecule has 0 aliphatic carbocycles. The van der Waals surface area contributed by atoms with Gasteiger partial charge in [-0.1, -0.05) is 23.5 Å². The molecule has 0 spiro atoms. The van der Waals surface area contributed by atoms with Crippen LogP contribution in [0, 0.1) is 12.7 Å². The van der Waals surface area contributed by atoms with Gasteiger partial charge < -0.3 is 9.64 Å². The molecule has 4 rings (SSSR count). The van der Waals surface area contributed by atoms with Crippen molar-refractivity contribution in [3.05, 3.63) is 56.5 Å². The van der Waals surface area contributed by atoms with Crippen LogP contribution in [0.15, 0.2) is 30.3 Å². The average molecular weight is 474 g/mol. The summed E-state index contributed by atoms with van der Waals surface area (Å²) >= 11 is 2.76. The van der Waals surface area contributed by atoms with Crippen LogP contribution in [0.5, 0.6) is 0 Å². The fourth-order valence-electron chi connectivity index (χ4n) is 3.40. The van der Waals surface area contributed by atoms with E-state index in [9.17, 15) is 14.0 Å². The Labute approximate surface area is 194 Å². The summed E-state index contributed by atoms with van der Waals surface area (Å²) in [5.74, 6) is -0.529. The number of thiazole rings is 1. The molecular weight excluding hydrogens is 449 g/mol. The van der Waals surface area contributed by atoms with E-state index in [1.165, 1.54) is 34.8 Å². The molecule has 0 atom stereocenters. The normalized spacial score (nSPS) is 13.6. The summed E-state index contributed by atoms with van der Waals surface area (Å²) in [6.07, 6.45) is 0.276. The van der Waals surface area contributed by atoms with Crippen molar-refractivity contribution in [3.8, 4) is 11.1 Å². The van der Waals surface area contributed by atoms with Crippen molar-refractivity contribution >= 4 is 39.8 Å². The molecule has 0 radical (unpaired) electrons. The first-order valence-corrected chi connectivity index (χ1v) is 11.9. The molecular formula is C23H24FN3O3S2. The number of hydrogen-bond donors (Lipinski definition) is 1. The van der Waals surface area contributed by atoms with Crippen LogP contribution in [0.25, 0.3) is 11.1 Å². The van der Waals surface area contributed by atoms with Gasteiger partial charge in [0.25, 0.3) is 5.91 Å². The van der Waals surface area contributed by atoms with Crippen LogP contribution < -0.4 is 5.32 Å². The number of benzene rings is 1. The van der Waals surface area contributed by atoms with Gasteiger partial charge in [-0.3, -0.25) is 10.1 Å². The molecule has 3 heterocycles. The third-order valence-electron chi connectivity index (χ3n) is 4.90. The monoisotopic (exact) mass is 473 g/mol. The summed E-state index contributed by atoms with van der Waals surface area (Å²) < 4.78 is 18.7. The third kappa shape index (κ3) is 4.99. The van der Waals surface area contributed by atoms with Crippen molar-refractivity contribution in [3.63, 3.8) is 0 Å². The quantitative estimate of drug-likeness (QED) is 0.517. The van der Waals surface area contributed by atoms with E-state index in [2.05, 4.69) is 10.3 Å². The van der Waals surface area contributed by atoms with Crippen LogP contribution >= 0.6 is 22.7 Å². The molecule has 0 saturated carbocycles. The zero-order valence-electron chi connectivity index (χ0n) is 18.3. The molecule has 0 unspecified atom stereocenters. The molecule has 0 fully saturated rings. The second kappa shape index (κ2) is 8.63. The van der Waals surface area contributed by atoms with E-state index in [-0.39, 0.29) is 17.8 Å². The maximum atomic E-state index is 13.2. The van der Waals surface area contributed by atoms with Crippen molar-refractivity contribution in [2.75, 3.05) is 11.9 Å². The highest BCUT2D eigenvalue weighted by Crippen LogP contribution is 2.33. The third-order valence-corrected chi connectivity index (χ3v) is 6.95. The van der Waals surface area contributed by atoms with Gasteiger partial charge in [-0.05, 0) is 57.0 Å². The SMILES string of the molecule is Cc1sc(C(=O)Nc2nc3c(s2)CN(C(=O)OC(C)(C)C)CC3)cc1-c1ccc(F)cc1. The molecule has 32 heavy (non-hydrogen) atoms. The standard InChI is InChI=1S/C23H24FN3O3S2/c1-13-16(14-5-7-15(24)8-6-14)11-18(31-13)20(28)26-21-25-17-9-10-27(12-19(17)32-21)22(29)30-23(2,3)4/h5-8,11H,9-10,12H2,1-4H3,(H,25,26,28). The Morgan fingerprint density at radius 1 is 1.19 bits per heavy atom. The van der Waals surface area contributed by atoms with Crippen molar-refractivity contribution in [1.82, 2.24) is 9.88 Å². The van der Waals surface area contributed by atoms with Crippen molar-refractivity contribution in [2.45, 2.75) is 46.3 Å². The second-order valence-electron chi connectivity index (χ2n) is 8.58. The molecule has 3 aromatic rings. The molecule has 0 bridgehead atoms. The lowest BCUT2D eigenvalue weighted by atomic mass is 10.1. The Morgan fingerprint density at radius 3 is 2.59 bits per heavy atom. The van der Waals surface area contributed by atoms with Crippen LogP contribution in [0.4, 0.5) is 14.3 Å². The molecule has 9 heteroatoms. The zero-order valence-corrected chi connectivity index (χ0v) is 20.0. The lowest BCUT2D eigenvalue weighted by molar-refractivity contribution is 0.0225. The van der Waals surface area contributed by atoms with Crippen LogP contribution in [-0.4, -0.2) is 34.0 Å². The van der Waals surface area contributed by atoms with Gasteiger partial charge in [0.15, 0.2) is 5.13 Å². The van der Waals surface area contributed by atoms with Crippen LogP contribution in [-0.2, 0) is 17.7 Å². The molecule has 168 valence electrons. The highest BCUT2D eigenvalue weighted by atomic mass is 32.1. The minimum Gasteiger partial charge on any atom is -0.444 e. The molecule has 6 nitrogen and oxygen atoms in total. The van der Waals surface area contributed by atoms with E-state index in [0.717, 1.165) is 26.6 Å². The van der Waals surface area contributed by atoms with Crippen molar-refractivity contribution in [2.24, 2.45) is 0 Å². The molecule has 1 aromatic carbocycles. The number of fused-ring (bicyclic) bond motifs is 1. The Morgan fingerprint density at radius 2 is 1.91 bits per heavy atom. The molecule has 0 saturated heterocycles. The summed E-state index contributed by atoms with van der Waals surface area (Å²) in [5, 5.41) is 3.40. The minimum absolute atomic E-state index is 0.235. The number of nitrogens with zero attached hydrogens (tertiary/aromatic N) is 2. The van der Waals surface area contributed by atoms with E-state index in [1.54, 1.807) is 17.0 Å². The first-order valence-electron chi connectivity index (χ1n) is 10.2. The predicted octanol–water partition coefficient (Wildman–Crippen LogP) is 5.86. The molecule has 1 aliphatic rings. The van der Waals surface area contributed by atoms with Gasteiger partial charge in [0, 0.05) is 22.7 Å². The first-order chi connectivity index (χ1) is 15.1. The van der Waals surface area contributed by atoms with Gasteiger partial charge in [0.05, 0.1) is 17.1 Å². The number of aromatic nitrogens is 1. The summed E-state index contributed by atoms with van der Waals surface area (Å²) in [4.78, 5) is 33.9. The number of rotatable bonds is 3. The lowest BCUT2D eigenvalue weighted by Crippen LogP contribution is -2.39. The van der Waals surface area contributed by atoms with Gasteiger partial charge in [-0.2, -0.15) is 0 Å². The number of nitrogens with one attached hydrogen (secondary N) is 1.